The van der Waals surface area contributed by atoms with E-state index in [1.54, 1.807) is 6.08 Å². The van der Waals surface area contributed by atoms with E-state index in [1.807, 2.05) is 31.2 Å². The van der Waals surface area contributed by atoms with E-state index in [1.165, 1.54) is 0 Å². The number of hydrogen-bond acceptors (Lipinski definition) is 3. The predicted molar refractivity (Wildman–Crippen MR) is 63.8 cm³/mol. The lowest BCUT2D eigenvalue weighted by molar-refractivity contribution is -0.146. The molecule has 0 saturated carbocycles. The van der Waals surface area contributed by atoms with Gasteiger partial charge in [0.05, 0.1) is 0 Å². The van der Waals surface area contributed by atoms with Gasteiger partial charge in [0.1, 0.15) is 12.6 Å². The highest BCUT2D eigenvalue weighted by Gasteiger charge is 2.13. The first-order valence-electron chi connectivity index (χ1n) is 5.22. The first kappa shape index (κ1) is 12.5. The molecule has 0 spiro atoms. The molecule has 0 aromatic heterocycles. The molecule has 0 bridgehead atoms. The lowest BCUT2D eigenvalue weighted by atomic mass is 10.1. The molecule has 0 heterocycles. The zero-order valence-corrected chi connectivity index (χ0v) is 9.48. The minimum atomic E-state index is -0.610. The molecule has 86 valence electrons. The zero-order valence-electron chi connectivity index (χ0n) is 9.48. The highest BCUT2D eigenvalue weighted by molar-refractivity contribution is 5.75. The summed E-state index contributed by atoms with van der Waals surface area (Å²) >= 11 is 0. The summed E-state index contributed by atoms with van der Waals surface area (Å²) in [7, 11) is 0. The summed E-state index contributed by atoms with van der Waals surface area (Å²) in [5.74, 6) is -0.386. The molecule has 1 unspecified atom stereocenters. The van der Waals surface area contributed by atoms with Crippen LogP contribution in [0.5, 0.6) is 0 Å². The van der Waals surface area contributed by atoms with Crippen molar-refractivity contribution in [2.75, 3.05) is 0 Å². The van der Waals surface area contributed by atoms with Crippen LogP contribution in [0.3, 0.4) is 0 Å². The van der Waals surface area contributed by atoms with Gasteiger partial charge in [-0.15, -0.1) is 6.58 Å². The average Bonchev–Trinajstić information content (AvgIpc) is 2.28. The number of carbonyl (C=O) groups excluding carboxylic acids is 1. The van der Waals surface area contributed by atoms with Gasteiger partial charge in [-0.3, -0.25) is 4.79 Å². The van der Waals surface area contributed by atoms with Crippen molar-refractivity contribution in [3.05, 3.63) is 48.0 Å². The molecule has 0 aliphatic rings. The Labute approximate surface area is 95.9 Å². The number of ether oxygens (including phenoxy) is 1. The van der Waals surface area contributed by atoms with Crippen molar-refractivity contribution >= 4 is 5.97 Å². The van der Waals surface area contributed by atoms with Crippen LogP contribution in [0.2, 0.25) is 0 Å². The second-order valence-electron chi connectivity index (χ2n) is 3.67. The molecular formula is C13H17NO2. The largest absolute Gasteiger partial charge is 0.460 e. The van der Waals surface area contributed by atoms with Gasteiger partial charge in [-0.25, -0.2) is 0 Å². The van der Waals surface area contributed by atoms with Crippen LogP contribution in [0.25, 0.3) is 0 Å². The maximum absolute atomic E-state index is 11.4. The molecule has 3 heteroatoms. The maximum Gasteiger partial charge on any atom is 0.323 e. The van der Waals surface area contributed by atoms with Crippen LogP contribution in [-0.2, 0) is 16.1 Å². The number of benzene rings is 1. The van der Waals surface area contributed by atoms with Crippen molar-refractivity contribution in [1.82, 2.24) is 0 Å². The van der Waals surface area contributed by atoms with Crippen molar-refractivity contribution in [2.24, 2.45) is 5.73 Å². The number of rotatable bonds is 5. The third-order valence-electron chi connectivity index (χ3n) is 2.35. The highest BCUT2D eigenvalue weighted by Crippen LogP contribution is 2.08. The van der Waals surface area contributed by atoms with Gasteiger partial charge in [-0.2, -0.15) is 0 Å². The summed E-state index contributed by atoms with van der Waals surface area (Å²) in [5.41, 5.74) is 7.69. The van der Waals surface area contributed by atoms with Crippen molar-refractivity contribution in [2.45, 2.75) is 26.0 Å². The maximum atomic E-state index is 11.4. The normalized spacial score (nSPS) is 11.9. The summed E-state index contributed by atoms with van der Waals surface area (Å²) in [6, 6.07) is 7.17. The van der Waals surface area contributed by atoms with E-state index in [0.717, 1.165) is 11.1 Å². The average molecular weight is 219 g/mol. The van der Waals surface area contributed by atoms with Gasteiger partial charge in [0.2, 0.25) is 0 Å². The lowest BCUT2D eigenvalue weighted by Crippen LogP contribution is -2.31. The van der Waals surface area contributed by atoms with Crippen LogP contribution < -0.4 is 5.73 Å². The zero-order chi connectivity index (χ0) is 12.0. The van der Waals surface area contributed by atoms with E-state index < -0.39 is 6.04 Å². The van der Waals surface area contributed by atoms with E-state index in [4.69, 9.17) is 10.5 Å². The topological polar surface area (TPSA) is 52.3 Å². The summed E-state index contributed by atoms with van der Waals surface area (Å²) in [6.45, 7) is 5.78. The Kier molecular flexibility index (Phi) is 4.73. The van der Waals surface area contributed by atoms with Crippen molar-refractivity contribution in [3.63, 3.8) is 0 Å². The molecule has 1 atom stereocenters. The fraction of sp³-hybridized carbons (Fsp3) is 0.308. The van der Waals surface area contributed by atoms with Crippen molar-refractivity contribution in [3.8, 4) is 0 Å². The van der Waals surface area contributed by atoms with Crippen LogP contribution in [0.15, 0.2) is 36.9 Å². The second-order valence-corrected chi connectivity index (χ2v) is 3.67. The Morgan fingerprint density at radius 1 is 1.56 bits per heavy atom. The van der Waals surface area contributed by atoms with Gasteiger partial charge in [0.15, 0.2) is 0 Å². The van der Waals surface area contributed by atoms with E-state index in [0.29, 0.717) is 6.42 Å². The Bertz CT molecular complexity index is 374. The quantitative estimate of drug-likeness (QED) is 0.608. The SMILES string of the molecule is C=CCC(N)C(=O)OCc1ccccc1C. The van der Waals surface area contributed by atoms with Crippen LogP contribution in [0.1, 0.15) is 17.5 Å². The first-order valence-corrected chi connectivity index (χ1v) is 5.22. The molecule has 0 radical (unpaired) electrons. The summed E-state index contributed by atoms with van der Waals surface area (Å²) in [5, 5.41) is 0. The van der Waals surface area contributed by atoms with Gasteiger partial charge < -0.3 is 10.5 Å². The minimum absolute atomic E-state index is 0.274. The van der Waals surface area contributed by atoms with Gasteiger partial charge in [0.25, 0.3) is 0 Å². The van der Waals surface area contributed by atoms with Gasteiger partial charge in [0, 0.05) is 0 Å². The fourth-order valence-corrected chi connectivity index (χ4v) is 1.30. The van der Waals surface area contributed by atoms with E-state index in [9.17, 15) is 4.79 Å². The number of hydrogen-bond donors (Lipinski definition) is 1. The van der Waals surface area contributed by atoms with E-state index in [2.05, 4.69) is 6.58 Å². The highest BCUT2D eigenvalue weighted by atomic mass is 16.5. The molecule has 16 heavy (non-hydrogen) atoms. The lowest BCUT2D eigenvalue weighted by Gasteiger charge is -2.10. The van der Waals surface area contributed by atoms with Crippen molar-refractivity contribution < 1.29 is 9.53 Å². The van der Waals surface area contributed by atoms with Gasteiger partial charge in [-0.05, 0) is 24.5 Å². The predicted octanol–water partition coefficient (Wildman–Crippen LogP) is 1.94. The standard InChI is InChI=1S/C13H17NO2/c1-3-6-12(14)13(15)16-9-11-8-5-4-7-10(11)2/h3-5,7-8,12H,1,6,9,14H2,2H3. The summed E-state index contributed by atoms with van der Waals surface area (Å²) in [4.78, 5) is 11.4. The summed E-state index contributed by atoms with van der Waals surface area (Å²) in [6.07, 6.45) is 2.05. The molecule has 2 N–H and O–H groups in total. The Hall–Kier alpha value is -1.61. The van der Waals surface area contributed by atoms with Crippen molar-refractivity contribution in [1.29, 1.82) is 0 Å². The molecule has 0 aliphatic carbocycles. The van der Waals surface area contributed by atoms with Crippen LogP contribution >= 0.6 is 0 Å². The molecular weight excluding hydrogens is 202 g/mol. The van der Waals surface area contributed by atoms with Gasteiger partial charge >= 0.3 is 5.97 Å². The van der Waals surface area contributed by atoms with Crippen LogP contribution in [0.4, 0.5) is 0 Å². The Morgan fingerprint density at radius 3 is 2.88 bits per heavy atom. The van der Waals surface area contributed by atoms with E-state index >= 15 is 0 Å². The summed E-state index contributed by atoms with van der Waals surface area (Å²) < 4.78 is 5.11. The fourth-order valence-electron chi connectivity index (χ4n) is 1.30. The number of carbonyl (C=O) groups is 1. The first-order chi connectivity index (χ1) is 7.65. The number of nitrogens with two attached hydrogens (primary N) is 1. The third kappa shape index (κ3) is 3.51. The Balaban J connectivity index is 2.49. The monoisotopic (exact) mass is 219 g/mol. The van der Waals surface area contributed by atoms with Gasteiger partial charge in [-0.1, -0.05) is 30.3 Å². The molecule has 1 aromatic rings. The number of esters is 1. The third-order valence-corrected chi connectivity index (χ3v) is 2.35. The molecule has 0 saturated heterocycles. The van der Waals surface area contributed by atoms with Crippen LogP contribution in [-0.4, -0.2) is 12.0 Å². The number of aryl methyl sites for hydroxylation is 1. The smallest absolute Gasteiger partial charge is 0.323 e. The molecule has 0 aliphatic heterocycles. The van der Waals surface area contributed by atoms with Crippen LogP contribution in [0, 0.1) is 6.92 Å². The molecule has 1 rings (SSSR count). The molecule has 0 fully saturated rings. The van der Waals surface area contributed by atoms with E-state index in [-0.39, 0.29) is 12.6 Å². The molecule has 0 amide bonds. The second kappa shape index (κ2) is 6.08. The molecule has 1 aromatic carbocycles. The minimum Gasteiger partial charge on any atom is -0.460 e. The molecule has 3 nitrogen and oxygen atoms in total. The Morgan fingerprint density at radius 2 is 2.25 bits per heavy atom.